The number of hydrogen-bond donors (Lipinski definition) is 0. The third kappa shape index (κ3) is 0.793. The third-order valence-corrected chi connectivity index (χ3v) is 3.94. The highest BCUT2D eigenvalue weighted by molar-refractivity contribution is 9.10. The summed E-state index contributed by atoms with van der Waals surface area (Å²) in [5.74, 6) is 0.263. The number of rotatable bonds is 0. The second-order valence-electron chi connectivity index (χ2n) is 4.08. The second kappa shape index (κ2) is 2.40. The highest BCUT2D eigenvalue weighted by Gasteiger charge is 2.58. The number of nitrogens with zero attached hydrogens (tertiary/aromatic N) is 1. The van der Waals surface area contributed by atoms with Gasteiger partial charge in [-0.3, -0.25) is 4.79 Å². The van der Waals surface area contributed by atoms with E-state index in [1.54, 1.807) is 4.90 Å². The normalized spacial score (nSPS) is 21.6. The number of benzene rings is 1. The number of carbonyl (C=O) groups excluding carboxylic acids is 1. The monoisotopic (exact) mass is 251 g/mol. The van der Waals surface area contributed by atoms with Crippen molar-refractivity contribution in [2.24, 2.45) is 0 Å². The maximum absolute atomic E-state index is 12.0. The fourth-order valence-corrected chi connectivity index (χ4v) is 3.02. The van der Waals surface area contributed by atoms with Crippen LogP contribution in [-0.2, 0) is 10.2 Å². The van der Waals surface area contributed by atoms with Crippen LogP contribution in [0.25, 0.3) is 0 Å². The highest BCUT2D eigenvalue weighted by Crippen LogP contribution is 2.58. The fourth-order valence-electron chi connectivity index (χ4n) is 2.39. The zero-order valence-corrected chi connectivity index (χ0v) is 9.47. The predicted molar refractivity (Wildman–Crippen MR) is 58.5 cm³/mol. The summed E-state index contributed by atoms with van der Waals surface area (Å²) in [7, 11) is 1.86. The molecule has 3 heteroatoms. The minimum Gasteiger partial charge on any atom is -0.313 e. The van der Waals surface area contributed by atoms with Gasteiger partial charge in [0.05, 0.1) is 11.1 Å². The molecule has 0 bridgehead atoms. The first kappa shape index (κ1) is 8.48. The molecule has 0 radical (unpaired) electrons. The molecule has 1 aliphatic carbocycles. The standard InChI is InChI=1S/C11H10BrNO/c1-13-9-7(3-2-4-8(9)12)11(5-6-11)10(13)14/h2-4H,5-6H2,1H3. The van der Waals surface area contributed by atoms with E-state index in [1.165, 1.54) is 5.56 Å². The minimum atomic E-state index is -0.145. The van der Waals surface area contributed by atoms with E-state index < -0.39 is 0 Å². The Labute approximate surface area is 91.0 Å². The van der Waals surface area contributed by atoms with Crippen LogP contribution in [0.1, 0.15) is 18.4 Å². The molecular formula is C11H10BrNO. The van der Waals surface area contributed by atoms with Crippen molar-refractivity contribution in [2.75, 3.05) is 11.9 Å². The molecule has 72 valence electrons. The number of likely N-dealkylation sites (N-methyl/N-ethyl adjacent to an activating group) is 1. The lowest BCUT2D eigenvalue weighted by Gasteiger charge is -2.11. The zero-order valence-electron chi connectivity index (χ0n) is 7.88. The Kier molecular flexibility index (Phi) is 1.45. The van der Waals surface area contributed by atoms with Gasteiger partial charge in [-0.1, -0.05) is 12.1 Å². The molecule has 1 aliphatic heterocycles. The van der Waals surface area contributed by atoms with Crippen LogP contribution < -0.4 is 4.90 Å². The molecule has 1 aromatic carbocycles. The topological polar surface area (TPSA) is 20.3 Å². The summed E-state index contributed by atoms with van der Waals surface area (Å²) in [5, 5.41) is 0. The second-order valence-corrected chi connectivity index (χ2v) is 4.94. The number of amides is 1. The van der Waals surface area contributed by atoms with Crippen molar-refractivity contribution in [2.45, 2.75) is 18.3 Å². The molecule has 0 N–H and O–H groups in total. The van der Waals surface area contributed by atoms with Crippen LogP contribution >= 0.6 is 15.9 Å². The van der Waals surface area contributed by atoms with Crippen LogP contribution in [0.4, 0.5) is 5.69 Å². The van der Waals surface area contributed by atoms with E-state index in [9.17, 15) is 4.79 Å². The summed E-state index contributed by atoms with van der Waals surface area (Å²) in [6.07, 6.45) is 2.03. The van der Waals surface area contributed by atoms with E-state index in [-0.39, 0.29) is 11.3 Å². The fraction of sp³-hybridized carbons (Fsp3) is 0.364. The number of halogens is 1. The van der Waals surface area contributed by atoms with Gasteiger partial charge in [-0.2, -0.15) is 0 Å². The summed E-state index contributed by atoms with van der Waals surface area (Å²) in [6.45, 7) is 0. The van der Waals surface area contributed by atoms with E-state index in [4.69, 9.17) is 0 Å². The summed E-state index contributed by atoms with van der Waals surface area (Å²) < 4.78 is 1.02. The molecule has 1 fully saturated rings. The SMILES string of the molecule is CN1C(=O)C2(CC2)c2cccc(Br)c21. The van der Waals surface area contributed by atoms with E-state index in [1.807, 2.05) is 19.2 Å². The Morgan fingerprint density at radius 1 is 1.43 bits per heavy atom. The first-order valence-electron chi connectivity index (χ1n) is 4.74. The zero-order chi connectivity index (χ0) is 9.92. The summed E-state index contributed by atoms with van der Waals surface area (Å²) in [4.78, 5) is 13.8. The molecule has 2 aliphatic rings. The molecular weight excluding hydrogens is 242 g/mol. The van der Waals surface area contributed by atoms with Gasteiger partial charge >= 0.3 is 0 Å². The molecule has 1 spiro atoms. The number of hydrogen-bond acceptors (Lipinski definition) is 1. The van der Waals surface area contributed by atoms with Crippen molar-refractivity contribution in [3.05, 3.63) is 28.2 Å². The molecule has 3 rings (SSSR count). The van der Waals surface area contributed by atoms with Gasteiger partial charge in [0.15, 0.2) is 0 Å². The number of para-hydroxylation sites is 1. The molecule has 0 saturated heterocycles. The van der Waals surface area contributed by atoms with E-state index >= 15 is 0 Å². The Bertz CT molecular complexity index is 437. The van der Waals surface area contributed by atoms with E-state index in [0.29, 0.717) is 0 Å². The van der Waals surface area contributed by atoms with Crippen molar-refractivity contribution >= 4 is 27.5 Å². The largest absolute Gasteiger partial charge is 0.313 e. The van der Waals surface area contributed by atoms with Crippen molar-refractivity contribution < 1.29 is 4.79 Å². The first-order valence-corrected chi connectivity index (χ1v) is 5.53. The van der Waals surface area contributed by atoms with Crippen LogP contribution in [-0.4, -0.2) is 13.0 Å². The summed E-state index contributed by atoms with van der Waals surface area (Å²) in [6, 6.07) is 6.08. The number of anilines is 1. The van der Waals surface area contributed by atoms with Gasteiger partial charge in [-0.05, 0) is 40.4 Å². The van der Waals surface area contributed by atoms with Gasteiger partial charge in [-0.25, -0.2) is 0 Å². The van der Waals surface area contributed by atoms with Crippen LogP contribution in [0.5, 0.6) is 0 Å². The van der Waals surface area contributed by atoms with Crippen LogP contribution in [0.15, 0.2) is 22.7 Å². The van der Waals surface area contributed by atoms with E-state index in [0.717, 1.165) is 23.0 Å². The Balaban J connectivity index is 2.31. The lowest BCUT2D eigenvalue weighted by molar-refractivity contribution is -0.119. The van der Waals surface area contributed by atoms with Crippen LogP contribution in [0.2, 0.25) is 0 Å². The molecule has 1 heterocycles. The maximum Gasteiger partial charge on any atom is 0.237 e. The number of carbonyl (C=O) groups is 1. The van der Waals surface area contributed by atoms with Gasteiger partial charge in [0, 0.05) is 11.5 Å². The first-order chi connectivity index (χ1) is 6.67. The van der Waals surface area contributed by atoms with Crippen molar-refractivity contribution in [3.63, 3.8) is 0 Å². The van der Waals surface area contributed by atoms with Crippen molar-refractivity contribution in [1.82, 2.24) is 0 Å². The molecule has 2 nitrogen and oxygen atoms in total. The molecule has 1 saturated carbocycles. The lowest BCUT2D eigenvalue weighted by Crippen LogP contribution is -2.28. The predicted octanol–water partition coefficient (Wildman–Crippen LogP) is 2.46. The van der Waals surface area contributed by atoms with Gasteiger partial charge < -0.3 is 4.90 Å². The van der Waals surface area contributed by atoms with Gasteiger partial charge in [0.2, 0.25) is 5.91 Å². The van der Waals surface area contributed by atoms with Gasteiger partial charge in [0.1, 0.15) is 0 Å². The molecule has 1 amide bonds. The summed E-state index contributed by atoms with van der Waals surface area (Å²) in [5.41, 5.74) is 2.13. The average Bonchev–Trinajstić information content (AvgIpc) is 2.92. The van der Waals surface area contributed by atoms with Gasteiger partial charge in [0.25, 0.3) is 0 Å². The Morgan fingerprint density at radius 2 is 2.14 bits per heavy atom. The Morgan fingerprint density at radius 3 is 2.79 bits per heavy atom. The van der Waals surface area contributed by atoms with Crippen molar-refractivity contribution in [1.29, 1.82) is 0 Å². The quantitative estimate of drug-likeness (QED) is 0.694. The van der Waals surface area contributed by atoms with Crippen molar-refractivity contribution in [3.8, 4) is 0 Å². The molecule has 0 aromatic heterocycles. The van der Waals surface area contributed by atoms with Crippen LogP contribution in [0.3, 0.4) is 0 Å². The summed E-state index contributed by atoms with van der Waals surface area (Å²) >= 11 is 3.50. The van der Waals surface area contributed by atoms with Gasteiger partial charge in [-0.15, -0.1) is 0 Å². The molecule has 0 unspecified atom stereocenters. The smallest absolute Gasteiger partial charge is 0.237 e. The molecule has 1 aromatic rings. The lowest BCUT2D eigenvalue weighted by atomic mass is 9.98. The van der Waals surface area contributed by atoms with Crippen LogP contribution in [0, 0.1) is 0 Å². The minimum absolute atomic E-state index is 0.145. The highest BCUT2D eigenvalue weighted by atomic mass is 79.9. The third-order valence-electron chi connectivity index (χ3n) is 3.30. The molecule has 14 heavy (non-hydrogen) atoms. The van der Waals surface area contributed by atoms with E-state index in [2.05, 4.69) is 22.0 Å². The Hall–Kier alpha value is -0.830. The average molecular weight is 252 g/mol. The number of fused-ring (bicyclic) bond motifs is 2. The maximum atomic E-state index is 12.0. The molecule has 0 atom stereocenters.